The molecule has 0 unspecified atom stereocenters. The van der Waals surface area contributed by atoms with Crippen molar-refractivity contribution in [2.45, 2.75) is 19.9 Å². The number of nitrogens with zero attached hydrogens (tertiary/aromatic N) is 3. The lowest BCUT2D eigenvalue weighted by Crippen LogP contribution is -2.34. The number of rotatable bonds is 4. The van der Waals surface area contributed by atoms with Crippen LogP contribution in [0, 0.1) is 0 Å². The molecule has 1 heterocycles. The molecule has 78 valence electrons. The Morgan fingerprint density at radius 1 is 1.43 bits per heavy atom. The standard InChI is InChI=1S/C9H16N4O/c1-7(2)13(5-6-14)9-4-3-8(10)11-12-9/h3-4,7,14H,5-6H2,1-2H3,(H2,10,11). The maximum absolute atomic E-state index is 8.89. The number of aromatic nitrogens is 2. The number of nitrogens with two attached hydrogens (primary N) is 1. The van der Waals surface area contributed by atoms with Crippen molar-refractivity contribution >= 4 is 11.6 Å². The maximum Gasteiger partial charge on any atom is 0.151 e. The number of nitrogen functional groups attached to an aromatic ring is 1. The number of aliphatic hydroxyl groups excluding tert-OH is 1. The van der Waals surface area contributed by atoms with E-state index in [1.54, 1.807) is 12.1 Å². The van der Waals surface area contributed by atoms with Crippen molar-refractivity contribution in [1.82, 2.24) is 10.2 Å². The monoisotopic (exact) mass is 196 g/mol. The highest BCUT2D eigenvalue weighted by atomic mass is 16.3. The molecule has 0 aromatic carbocycles. The van der Waals surface area contributed by atoms with Crippen LogP contribution in [0.4, 0.5) is 11.6 Å². The zero-order valence-corrected chi connectivity index (χ0v) is 8.51. The molecule has 5 nitrogen and oxygen atoms in total. The molecule has 1 aromatic heterocycles. The second kappa shape index (κ2) is 4.76. The molecule has 0 aliphatic carbocycles. The van der Waals surface area contributed by atoms with Gasteiger partial charge in [0.05, 0.1) is 6.61 Å². The van der Waals surface area contributed by atoms with Gasteiger partial charge >= 0.3 is 0 Å². The summed E-state index contributed by atoms with van der Waals surface area (Å²) in [5.74, 6) is 1.14. The average Bonchev–Trinajstić information content (AvgIpc) is 2.15. The largest absolute Gasteiger partial charge is 0.395 e. The van der Waals surface area contributed by atoms with Gasteiger partial charge in [0, 0.05) is 12.6 Å². The summed E-state index contributed by atoms with van der Waals surface area (Å²) >= 11 is 0. The van der Waals surface area contributed by atoms with Crippen molar-refractivity contribution in [2.75, 3.05) is 23.8 Å². The Morgan fingerprint density at radius 2 is 2.14 bits per heavy atom. The molecule has 1 aromatic rings. The first-order chi connectivity index (χ1) is 6.65. The van der Waals surface area contributed by atoms with Crippen LogP contribution in [0.2, 0.25) is 0 Å². The Kier molecular flexibility index (Phi) is 3.64. The van der Waals surface area contributed by atoms with E-state index >= 15 is 0 Å². The normalized spacial score (nSPS) is 10.6. The highest BCUT2D eigenvalue weighted by molar-refractivity contribution is 5.41. The molecule has 1 rings (SSSR count). The SMILES string of the molecule is CC(C)N(CCO)c1ccc(N)nn1. The van der Waals surface area contributed by atoms with Gasteiger partial charge in [-0.2, -0.15) is 0 Å². The lowest BCUT2D eigenvalue weighted by atomic mass is 10.3. The first-order valence-corrected chi connectivity index (χ1v) is 4.62. The first-order valence-electron chi connectivity index (χ1n) is 4.62. The summed E-state index contributed by atoms with van der Waals surface area (Å²) in [5, 5.41) is 16.6. The number of hydrogen-bond donors (Lipinski definition) is 2. The molecule has 5 heteroatoms. The zero-order chi connectivity index (χ0) is 10.6. The topological polar surface area (TPSA) is 75.3 Å². The van der Waals surface area contributed by atoms with Gasteiger partial charge < -0.3 is 15.7 Å². The molecule has 3 N–H and O–H groups in total. The summed E-state index contributed by atoms with van der Waals surface area (Å²) in [7, 11) is 0. The lowest BCUT2D eigenvalue weighted by Gasteiger charge is -2.26. The summed E-state index contributed by atoms with van der Waals surface area (Å²) in [6.07, 6.45) is 0. The number of aliphatic hydroxyl groups is 1. The van der Waals surface area contributed by atoms with Crippen LogP contribution < -0.4 is 10.6 Å². The number of hydrogen-bond acceptors (Lipinski definition) is 5. The van der Waals surface area contributed by atoms with Gasteiger partial charge in [-0.3, -0.25) is 0 Å². The fourth-order valence-corrected chi connectivity index (χ4v) is 1.23. The van der Waals surface area contributed by atoms with Crippen LogP contribution in [-0.2, 0) is 0 Å². The minimum atomic E-state index is 0.101. The van der Waals surface area contributed by atoms with Gasteiger partial charge in [0.25, 0.3) is 0 Å². The van der Waals surface area contributed by atoms with Crippen LogP contribution in [0.25, 0.3) is 0 Å². The quantitative estimate of drug-likeness (QED) is 0.722. The van der Waals surface area contributed by atoms with Crippen LogP contribution in [0.3, 0.4) is 0 Å². The van der Waals surface area contributed by atoms with E-state index in [0.717, 1.165) is 5.82 Å². The predicted octanol–water partition coefficient (Wildman–Crippen LogP) is 0.266. The van der Waals surface area contributed by atoms with Crippen LogP contribution in [0.15, 0.2) is 12.1 Å². The predicted molar refractivity (Wildman–Crippen MR) is 56.0 cm³/mol. The third kappa shape index (κ3) is 2.56. The van der Waals surface area contributed by atoms with Gasteiger partial charge in [0.1, 0.15) is 5.82 Å². The molecule has 0 fully saturated rings. The second-order valence-corrected chi connectivity index (χ2v) is 3.33. The summed E-state index contributed by atoms with van der Waals surface area (Å²) in [4.78, 5) is 1.96. The fraction of sp³-hybridized carbons (Fsp3) is 0.556. The third-order valence-electron chi connectivity index (χ3n) is 1.93. The van der Waals surface area contributed by atoms with E-state index in [-0.39, 0.29) is 12.6 Å². The van der Waals surface area contributed by atoms with Gasteiger partial charge in [0.2, 0.25) is 0 Å². The van der Waals surface area contributed by atoms with E-state index in [1.807, 2.05) is 18.7 Å². The first kappa shape index (κ1) is 10.7. The summed E-state index contributed by atoms with van der Waals surface area (Å²) < 4.78 is 0. The van der Waals surface area contributed by atoms with E-state index in [1.165, 1.54) is 0 Å². The second-order valence-electron chi connectivity index (χ2n) is 3.33. The van der Waals surface area contributed by atoms with E-state index in [0.29, 0.717) is 12.4 Å². The molecule has 0 atom stereocenters. The highest BCUT2D eigenvalue weighted by Gasteiger charge is 2.10. The lowest BCUT2D eigenvalue weighted by molar-refractivity contribution is 0.298. The number of anilines is 2. The molecule has 0 spiro atoms. The Morgan fingerprint density at radius 3 is 2.57 bits per heavy atom. The van der Waals surface area contributed by atoms with E-state index in [4.69, 9.17) is 10.8 Å². The maximum atomic E-state index is 8.89. The van der Waals surface area contributed by atoms with Crippen molar-refractivity contribution in [2.24, 2.45) is 0 Å². The minimum absolute atomic E-state index is 0.101. The van der Waals surface area contributed by atoms with E-state index < -0.39 is 0 Å². The van der Waals surface area contributed by atoms with Crippen LogP contribution >= 0.6 is 0 Å². The summed E-state index contributed by atoms with van der Waals surface area (Å²) in [5.41, 5.74) is 5.44. The molecule has 0 aliphatic rings. The average molecular weight is 196 g/mol. The third-order valence-corrected chi connectivity index (χ3v) is 1.93. The van der Waals surface area contributed by atoms with Crippen LogP contribution in [0.1, 0.15) is 13.8 Å². The Bertz CT molecular complexity index is 273. The van der Waals surface area contributed by atoms with Gasteiger partial charge in [-0.25, -0.2) is 0 Å². The van der Waals surface area contributed by atoms with Gasteiger partial charge in [-0.15, -0.1) is 10.2 Å². The molecule has 0 saturated heterocycles. The summed E-state index contributed by atoms with van der Waals surface area (Å²) in [6, 6.07) is 3.78. The van der Waals surface area contributed by atoms with E-state index in [9.17, 15) is 0 Å². The Hall–Kier alpha value is -1.36. The molecular formula is C9H16N4O. The smallest absolute Gasteiger partial charge is 0.151 e. The highest BCUT2D eigenvalue weighted by Crippen LogP contribution is 2.12. The minimum Gasteiger partial charge on any atom is -0.395 e. The van der Waals surface area contributed by atoms with Crippen molar-refractivity contribution in [3.63, 3.8) is 0 Å². The Labute approximate surface area is 83.6 Å². The van der Waals surface area contributed by atoms with Crippen molar-refractivity contribution in [3.05, 3.63) is 12.1 Å². The molecular weight excluding hydrogens is 180 g/mol. The zero-order valence-electron chi connectivity index (χ0n) is 8.51. The van der Waals surface area contributed by atoms with Gasteiger partial charge in [0.15, 0.2) is 5.82 Å². The molecule has 0 aliphatic heterocycles. The Balaban J connectivity index is 2.82. The molecule has 0 amide bonds. The van der Waals surface area contributed by atoms with Crippen molar-refractivity contribution < 1.29 is 5.11 Å². The molecule has 0 radical (unpaired) electrons. The van der Waals surface area contributed by atoms with E-state index in [2.05, 4.69) is 10.2 Å². The van der Waals surface area contributed by atoms with Gasteiger partial charge in [-0.1, -0.05) is 0 Å². The molecule has 0 bridgehead atoms. The van der Waals surface area contributed by atoms with Gasteiger partial charge in [-0.05, 0) is 26.0 Å². The summed E-state index contributed by atoms with van der Waals surface area (Å²) in [6.45, 7) is 4.72. The molecule has 0 saturated carbocycles. The van der Waals surface area contributed by atoms with Crippen molar-refractivity contribution in [1.29, 1.82) is 0 Å². The fourth-order valence-electron chi connectivity index (χ4n) is 1.23. The van der Waals surface area contributed by atoms with Crippen LogP contribution in [-0.4, -0.2) is 34.5 Å². The molecule has 14 heavy (non-hydrogen) atoms. The van der Waals surface area contributed by atoms with Crippen LogP contribution in [0.5, 0.6) is 0 Å². The van der Waals surface area contributed by atoms with Crippen molar-refractivity contribution in [3.8, 4) is 0 Å².